The Hall–Kier alpha value is -4.21. The number of carboxylic acids is 1. The number of hydrogen-bond acceptors (Lipinski definition) is 5. The number of aryl methyl sites for hydroxylation is 1. The molecule has 2 heterocycles. The highest BCUT2D eigenvalue weighted by Gasteiger charge is 2.26. The van der Waals surface area contributed by atoms with Crippen molar-refractivity contribution < 1.29 is 23.8 Å². The number of nitrogens with zero attached hydrogens (tertiary/aromatic N) is 3. The summed E-state index contributed by atoms with van der Waals surface area (Å²) in [5, 5.41) is 16.8. The van der Waals surface area contributed by atoms with E-state index < -0.39 is 5.97 Å². The number of nitrogens with one attached hydrogen (secondary N) is 1. The van der Waals surface area contributed by atoms with Crippen LogP contribution in [-0.4, -0.2) is 50.9 Å². The minimum Gasteiger partial charge on any atom is -0.490 e. The maximum absolute atomic E-state index is 13.7. The van der Waals surface area contributed by atoms with E-state index in [1.54, 1.807) is 47.3 Å². The number of carbonyl (C=O) groups excluding carboxylic acids is 1. The number of ether oxygens (including phenoxy) is 1. The highest BCUT2D eigenvalue weighted by atomic mass is 35.5. The summed E-state index contributed by atoms with van der Waals surface area (Å²) in [6.45, 7) is 10.5. The highest BCUT2D eigenvalue weighted by Crippen LogP contribution is 2.30. The first-order valence-corrected chi connectivity index (χ1v) is 14.5. The second-order valence-corrected chi connectivity index (χ2v) is 12.0. The van der Waals surface area contributed by atoms with Crippen LogP contribution in [0.5, 0.6) is 5.75 Å². The SMILES string of the molecule is Cc1ccc(NC(=O)c2cnn(C(C)(C)C)c2-c2ccc(F)cc2)cc1CN1CCC(Oc2cccc(C(=O)O)c2)CC1.Cl. The number of anilines is 1. The van der Waals surface area contributed by atoms with Crippen molar-refractivity contribution in [2.75, 3.05) is 18.4 Å². The summed E-state index contributed by atoms with van der Waals surface area (Å²) in [6, 6.07) is 18.6. The van der Waals surface area contributed by atoms with Crippen LogP contribution < -0.4 is 10.1 Å². The molecule has 0 saturated carbocycles. The molecule has 4 aromatic rings. The smallest absolute Gasteiger partial charge is 0.335 e. The normalized spacial score (nSPS) is 14.1. The average Bonchev–Trinajstić information content (AvgIpc) is 3.43. The van der Waals surface area contributed by atoms with Gasteiger partial charge in [0, 0.05) is 30.9 Å². The van der Waals surface area contributed by atoms with E-state index in [0.29, 0.717) is 28.3 Å². The third-order valence-corrected chi connectivity index (χ3v) is 7.69. The lowest BCUT2D eigenvalue weighted by atomic mass is 10.0. The number of carboxylic acid groups (broad SMARTS) is 1. The predicted molar refractivity (Wildman–Crippen MR) is 171 cm³/mol. The number of hydrogen-bond donors (Lipinski definition) is 2. The van der Waals surface area contributed by atoms with E-state index in [1.165, 1.54) is 12.1 Å². The van der Waals surface area contributed by atoms with Crippen molar-refractivity contribution in [3.63, 3.8) is 0 Å². The number of rotatable bonds is 8. The number of amides is 1. The number of aromatic nitrogens is 2. The van der Waals surface area contributed by atoms with E-state index in [2.05, 4.69) is 22.2 Å². The van der Waals surface area contributed by atoms with Crippen LogP contribution in [0.1, 0.15) is 65.5 Å². The van der Waals surface area contributed by atoms with Gasteiger partial charge in [0.05, 0.1) is 28.6 Å². The molecule has 0 aliphatic carbocycles. The first-order valence-electron chi connectivity index (χ1n) is 14.5. The van der Waals surface area contributed by atoms with Gasteiger partial charge in [-0.05, 0) is 106 Å². The van der Waals surface area contributed by atoms with E-state index in [-0.39, 0.29) is 41.3 Å². The molecule has 2 N–H and O–H groups in total. The zero-order chi connectivity index (χ0) is 30.7. The van der Waals surface area contributed by atoms with Crippen LogP contribution in [0.4, 0.5) is 10.1 Å². The van der Waals surface area contributed by atoms with E-state index in [1.807, 2.05) is 39.0 Å². The summed E-state index contributed by atoms with van der Waals surface area (Å²) in [6.07, 6.45) is 3.25. The zero-order valence-corrected chi connectivity index (χ0v) is 26.2. The number of piperidine rings is 1. The minimum absolute atomic E-state index is 0. The topological polar surface area (TPSA) is 96.7 Å². The Balaban J connectivity index is 0.00000442. The van der Waals surface area contributed by atoms with Crippen molar-refractivity contribution in [3.8, 4) is 17.0 Å². The number of halogens is 2. The van der Waals surface area contributed by atoms with Gasteiger partial charge in [-0.2, -0.15) is 5.10 Å². The van der Waals surface area contributed by atoms with E-state index in [4.69, 9.17) is 4.74 Å². The van der Waals surface area contributed by atoms with Gasteiger partial charge in [0.2, 0.25) is 0 Å². The molecule has 0 unspecified atom stereocenters. The lowest BCUT2D eigenvalue weighted by molar-refractivity contribution is 0.0694. The summed E-state index contributed by atoms with van der Waals surface area (Å²) in [7, 11) is 0. The van der Waals surface area contributed by atoms with E-state index in [9.17, 15) is 19.1 Å². The fourth-order valence-corrected chi connectivity index (χ4v) is 5.35. The van der Waals surface area contributed by atoms with Gasteiger partial charge in [0.1, 0.15) is 17.7 Å². The number of carbonyl (C=O) groups is 2. The lowest BCUT2D eigenvalue weighted by Gasteiger charge is -2.32. The molecule has 1 saturated heterocycles. The quantitative estimate of drug-likeness (QED) is 0.217. The van der Waals surface area contributed by atoms with Gasteiger partial charge in [0.15, 0.2) is 0 Å². The summed E-state index contributed by atoms with van der Waals surface area (Å²) < 4.78 is 21.5. The second-order valence-electron chi connectivity index (χ2n) is 12.0. The van der Waals surface area contributed by atoms with Crippen LogP contribution in [0.2, 0.25) is 0 Å². The largest absolute Gasteiger partial charge is 0.490 e. The predicted octanol–water partition coefficient (Wildman–Crippen LogP) is 7.17. The zero-order valence-electron chi connectivity index (χ0n) is 25.3. The van der Waals surface area contributed by atoms with Crippen LogP contribution in [0.3, 0.4) is 0 Å². The Morgan fingerprint density at radius 3 is 2.41 bits per heavy atom. The molecule has 0 radical (unpaired) electrons. The average molecular weight is 621 g/mol. The molecule has 44 heavy (non-hydrogen) atoms. The summed E-state index contributed by atoms with van der Waals surface area (Å²) in [5.41, 5.74) is 4.54. The molecule has 0 spiro atoms. The Labute approximate surface area is 263 Å². The van der Waals surface area contributed by atoms with Crippen molar-refractivity contribution in [2.24, 2.45) is 0 Å². The van der Waals surface area contributed by atoms with Crippen molar-refractivity contribution >= 4 is 30.0 Å². The first kappa shape index (κ1) is 32.7. The third kappa shape index (κ3) is 7.65. The minimum atomic E-state index is -0.970. The monoisotopic (exact) mass is 620 g/mol. The molecule has 0 bridgehead atoms. The Morgan fingerprint density at radius 1 is 1.05 bits per heavy atom. The molecule has 232 valence electrons. The fraction of sp³-hybridized carbons (Fsp3) is 0.324. The van der Waals surface area contributed by atoms with Crippen molar-refractivity contribution in [2.45, 2.75) is 58.7 Å². The van der Waals surface area contributed by atoms with Gasteiger partial charge in [0.25, 0.3) is 5.91 Å². The molecule has 1 aromatic heterocycles. The van der Waals surface area contributed by atoms with Crippen molar-refractivity contribution in [1.82, 2.24) is 14.7 Å². The summed E-state index contributed by atoms with van der Waals surface area (Å²) >= 11 is 0. The molecule has 3 aromatic carbocycles. The van der Waals surface area contributed by atoms with Gasteiger partial charge in [-0.1, -0.05) is 12.1 Å². The molecular formula is C34H38ClFN4O4. The van der Waals surface area contributed by atoms with Gasteiger partial charge in [-0.15, -0.1) is 12.4 Å². The van der Waals surface area contributed by atoms with Crippen LogP contribution in [-0.2, 0) is 12.1 Å². The molecule has 8 nitrogen and oxygen atoms in total. The molecule has 1 amide bonds. The molecule has 1 aliphatic rings. The molecular weight excluding hydrogens is 583 g/mol. The molecule has 1 aliphatic heterocycles. The molecule has 10 heteroatoms. The van der Waals surface area contributed by atoms with E-state index in [0.717, 1.165) is 43.6 Å². The lowest BCUT2D eigenvalue weighted by Crippen LogP contribution is -2.38. The first-order chi connectivity index (χ1) is 20.5. The number of benzene rings is 3. The van der Waals surface area contributed by atoms with Crippen molar-refractivity contribution in [3.05, 3.63) is 101 Å². The van der Waals surface area contributed by atoms with Crippen LogP contribution in [0.25, 0.3) is 11.3 Å². The van der Waals surface area contributed by atoms with Crippen molar-refractivity contribution in [1.29, 1.82) is 0 Å². The Morgan fingerprint density at radius 2 is 1.75 bits per heavy atom. The van der Waals surface area contributed by atoms with Gasteiger partial charge in [-0.3, -0.25) is 14.4 Å². The number of aromatic carboxylic acids is 1. The molecule has 5 rings (SSSR count). The van der Waals surface area contributed by atoms with Gasteiger partial charge >= 0.3 is 5.97 Å². The third-order valence-electron chi connectivity index (χ3n) is 7.69. The standard InChI is InChI=1S/C34H37FN4O4.ClH/c1-22-8-13-27(37-32(40)30-20-36-39(34(2,3)4)31(30)23-9-11-26(35)12-10-23)18-25(22)21-38-16-14-28(15-17-38)43-29-7-5-6-24(19-29)33(41)42;/h5-13,18-20,28H,14-17,21H2,1-4H3,(H,37,40)(H,41,42);1H. The van der Waals surface area contributed by atoms with Crippen LogP contribution >= 0.6 is 12.4 Å². The molecule has 0 atom stereocenters. The number of likely N-dealkylation sites (tertiary alicyclic amines) is 1. The van der Waals surface area contributed by atoms with E-state index >= 15 is 0 Å². The highest BCUT2D eigenvalue weighted by molar-refractivity contribution is 6.08. The van der Waals surface area contributed by atoms with Gasteiger partial charge in [-0.25, -0.2) is 9.18 Å². The maximum atomic E-state index is 13.7. The van der Waals surface area contributed by atoms with Crippen LogP contribution in [0, 0.1) is 12.7 Å². The maximum Gasteiger partial charge on any atom is 0.335 e. The van der Waals surface area contributed by atoms with Gasteiger partial charge < -0.3 is 15.2 Å². The Bertz CT molecular complexity index is 1620. The Kier molecular flexibility index (Phi) is 10.1. The summed E-state index contributed by atoms with van der Waals surface area (Å²) in [4.78, 5) is 27.2. The molecule has 1 fully saturated rings. The second kappa shape index (κ2) is 13.6. The van der Waals surface area contributed by atoms with Crippen LogP contribution in [0.15, 0.2) is 72.9 Å². The fourth-order valence-electron chi connectivity index (χ4n) is 5.35. The summed E-state index contributed by atoms with van der Waals surface area (Å²) in [5.74, 6) is -1.02.